The first-order chi connectivity index (χ1) is 10.6. The molecule has 0 bridgehead atoms. The molecule has 0 aliphatic heterocycles. The van der Waals surface area contributed by atoms with Crippen LogP contribution in [0.25, 0.3) is 11.0 Å². The van der Waals surface area contributed by atoms with Crippen molar-refractivity contribution >= 4 is 28.3 Å². The van der Waals surface area contributed by atoms with Gasteiger partial charge in [0.05, 0.1) is 0 Å². The van der Waals surface area contributed by atoms with Crippen LogP contribution in [0.2, 0.25) is 0 Å². The van der Waals surface area contributed by atoms with Crippen LogP contribution in [0.1, 0.15) is 26.4 Å². The molecule has 0 aliphatic rings. The van der Waals surface area contributed by atoms with Crippen LogP contribution in [0.5, 0.6) is 0 Å². The number of hydrogen-bond donors (Lipinski definition) is 0. The Morgan fingerprint density at radius 1 is 1.27 bits per heavy atom. The summed E-state index contributed by atoms with van der Waals surface area (Å²) in [6.07, 6.45) is 0. The van der Waals surface area contributed by atoms with Gasteiger partial charge in [-0.2, -0.15) is 0 Å². The molecular formula is C17H14O4S. The summed E-state index contributed by atoms with van der Waals surface area (Å²) in [5.74, 6) is -0.389. The predicted octanol–water partition coefficient (Wildman–Crippen LogP) is 3.83. The first-order valence-corrected chi connectivity index (χ1v) is 7.68. The molecule has 4 nitrogen and oxygen atoms in total. The molecule has 0 atom stereocenters. The van der Waals surface area contributed by atoms with Crippen LogP contribution in [0.4, 0.5) is 0 Å². The number of thiophene rings is 1. The monoisotopic (exact) mass is 314 g/mol. The Morgan fingerprint density at radius 3 is 2.82 bits per heavy atom. The average Bonchev–Trinajstić information content (AvgIpc) is 3.03. The Hall–Kier alpha value is -2.40. The molecule has 112 valence electrons. The van der Waals surface area contributed by atoms with Gasteiger partial charge in [-0.1, -0.05) is 18.2 Å². The summed E-state index contributed by atoms with van der Waals surface area (Å²) < 4.78 is 10.6. The molecule has 2 aromatic heterocycles. The highest BCUT2D eigenvalue weighted by atomic mass is 32.1. The van der Waals surface area contributed by atoms with Crippen molar-refractivity contribution in [3.8, 4) is 0 Å². The van der Waals surface area contributed by atoms with Gasteiger partial charge in [0.2, 0.25) is 0 Å². The second-order valence-electron chi connectivity index (χ2n) is 5.03. The zero-order valence-electron chi connectivity index (χ0n) is 12.2. The Kier molecular flexibility index (Phi) is 3.81. The lowest BCUT2D eigenvalue weighted by Crippen LogP contribution is -2.07. The number of aryl methyl sites for hydroxylation is 2. The molecule has 3 rings (SSSR count). The van der Waals surface area contributed by atoms with E-state index in [1.165, 1.54) is 17.4 Å². The SMILES string of the molecule is Cc1ccc2c(COC(=O)c3cccs3)cc(=O)oc2c1C. The van der Waals surface area contributed by atoms with Gasteiger partial charge in [-0.3, -0.25) is 0 Å². The molecular weight excluding hydrogens is 300 g/mol. The smallest absolute Gasteiger partial charge is 0.348 e. The van der Waals surface area contributed by atoms with Gasteiger partial charge < -0.3 is 9.15 Å². The topological polar surface area (TPSA) is 56.5 Å². The zero-order chi connectivity index (χ0) is 15.7. The molecule has 0 fully saturated rings. The van der Waals surface area contributed by atoms with Crippen molar-refractivity contribution in [2.45, 2.75) is 20.5 Å². The minimum Gasteiger partial charge on any atom is -0.457 e. The van der Waals surface area contributed by atoms with Crippen LogP contribution in [0.15, 0.2) is 44.9 Å². The molecule has 0 spiro atoms. The summed E-state index contributed by atoms with van der Waals surface area (Å²) in [4.78, 5) is 24.2. The normalized spacial score (nSPS) is 10.8. The van der Waals surface area contributed by atoms with Crippen molar-refractivity contribution in [2.75, 3.05) is 0 Å². The van der Waals surface area contributed by atoms with Gasteiger partial charge in [-0.25, -0.2) is 9.59 Å². The average molecular weight is 314 g/mol. The lowest BCUT2D eigenvalue weighted by atomic mass is 10.0. The molecule has 0 amide bonds. The predicted molar refractivity (Wildman–Crippen MR) is 85.4 cm³/mol. The number of benzene rings is 1. The fraction of sp³-hybridized carbons (Fsp3) is 0.176. The van der Waals surface area contributed by atoms with E-state index < -0.39 is 5.63 Å². The molecule has 22 heavy (non-hydrogen) atoms. The maximum absolute atomic E-state index is 11.9. The lowest BCUT2D eigenvalue weighted by molar-refractivity contribution is 0.0479. The van der Waals surface area contributed by atoms with Crippen molar-refractivity contribution in [3.05, 3.63) is 67.7 Å². The van der Waals surface area contributed by atoms with Crippen LogP contribution in [-0.2, 0) is 11.3 Å². The number of rotatable bonds is 3. The highest BCUT2D eigenvalue weighted by molar-refractivity contribution is 7.11. The Labute approximate surface area is 131 Å². The summed E-state index contributed by atoms with van der Waals surface area (Å²) in [6, 6.07) is 8.72. The fourth-order valence-electron chi connectivity index (χ4n) is 2.25. The van der Waals surface area contributed by atoms with Crippen LogP contribution >= 0.6 is 11.3 Å². The molecule has 0 unspecified atom stereocenters. The maximum Gasteiger partial charge on any atom is 0.348 e. The molecule has 5 heteroatoms. The molecule has 0 N–H and O–H groups in total. The highest BCUT2D eigenvalue weighted by Crippen LogP contribution is 2.24. The number of fused-ring (bicyclic) bond motifs is 1. The van der Waals surface area contributed by atoms with Crippen molar-refractivity contribution in [3.63, 3.8) is 0 Å². The quantitative estimate of drug-likeness (QED) is 0.544. The lowest BCUT2D eigenvalue weighted by Gasteiger charge is -2.09. The molecule has 0 saturated heterocycles. The zero-order valence-corrected chi connectivity index (χ0v) is 13.0. The van der Waals surface area contributed by atoms with E-state index in [0.29, 0.717) is 16.0 Å². The Morgan fingerprint density at radius 2 is 2.09 bits per heavy atom. The third-order valence-corrected chi connectivity index (χ3v) is 4.45. The minimum absolute atomic E-state index is 0.0430. The number of hydrogen-bond acceptors (Lipinski definition) is 5. The maximum atomic E-state index is 11.9. The Balaban J connectivity index is 1.95. The van der Waals surface area contributed by atoms with Crippen molar-refractivity contribution in [1.82, 2.24) is 0 Å². The summed E-state index contributed by atoms with van der Waals surface area (Å²) in [6.45, 7) is 3.90. The highest BCUT2D eigenvalue weighted by Gasteiger charge is 2.13. The number of carbonyl (C=O) groups is 1. The largest absolute Gasteiger partial charge is 0.457 e. The number of ether oxygens (including phenoxy) is 1. The van der Waals surface area contributed by atoms with E-state index in [-0.39, 0.29) is 12.6 Å². The van der Waals surface area contributed by atoms with Crippen LogP contribution in [-0.4, -0.2) is 5.97 Å². The van der Waals surface area contributed by atoms with E-state index in [0.717, 1.165) is 16.5 Å². The second kappa shape index (κ2) is 5.77. The third kappa shape index (κ3) is 2.67. The van der Waals surface area contributed by atoms with Crippen LogP contribution in [0, 0.1) is 13.8 Å². The van der Waals surface area contributed by atoms with E-state index in [9.17, 15) is 9.59 Å². The molecule has 2 heterocycles. The third-order valence-electron chi connectivity index (χ3n) is 3.60. The first-order valence-electron chi connectivity index (χ1n) is 6.80. The van der Waals surface area contributed by atoms with Gasteiger partial charge in [-0.05, 0) is 36.4 Å². The van der Waals surface area contributed by atoms with Gasteiger partial charge in [0.25, 0.3) is 0 Å². The number of carbonyl (C=O) groups excluding carboxylic acids is 1. The van der Waals surface area contributed by atoms with Crippen molar-refractivity contribution in [1.29, 1.82) is 0 Å². The van der Waals surface area contributed by atoms with E-state index in [1.54, 1.807) is 12.1 Å². The first kappa shape index (κ1) is 14.5. The summed E-state index contributed by atoms with van der Waals surface area (Å²) in [5.41, 5.74) is 2.72. The minimum atomic E-state index is -0.441. The van der Waals surface area contributed by atoms with Crippen LogP contribution in [0.3, 0.4) is 0 Å². The number of esters is 1. The van der Waals surface area contributed by atoms with E-state index >= 15 is 0 Å². The van der Waals surface area contributed by atoms with Gasteiger partial charge in [0.15, 0.2) is 0 Å². The molecule has 3 aromatic rings. The van der Waals surface area contributed by atoms with Crippen LogP contribution < -0.4 is 5.63 Å². The van der Waals surface area contributed by atoms with Gasteiger partial charge in [0.1, 0.15) is 17.1 Å². The summed E-state index contributed by atoms with van der Waals surface area (Å²) in [5, 5.41) is 2.61. The van der Waals surface area contributed by atoms with Gasteiger partial charge >= 0.3 is 11.6 Å². The molecule has 0 saturated carbocycles. The molecule has 0 aliphatic carbocycles. The summed E-state index contributed by atoms with van der Waals surface area (Å²) >= 11 is 1.32. The second-order valence-corrected chi connectivity index (χ2v) is 5.98. The standard InChI is InChI=1S/C17H14O4S/c1-10-5-6-13-12(8-15(18)21-16(13)11(10)2)9-20-17(19)14-4-3-7-22-14/h3-8H,9H2,1-2H3. The van der Waals surface area contributed by atoms with Gasteiger partial charge in [-0.15, -0.1) is 11.3 Å². The Bertz CT molecular complexity index is 891. The summed E-state index contributed by atoms with van der Waals surface area (Å²) in [7, 11) is 0. The van der Waals surface area contributed by atoms with Gasteiger partial charge in [0, 0.05) is 17.0 Å². The fourth-order valence-corrected chi connectivity index (χ4v) is 2.87. The van der Waals surface area contributed by atoms with E-state index in [4.69, 9.17) is 9.15 Å². The molecule has 1 aromatic carbocycles. The van der Waals surface area contributed by atoms with E-state index in [2.05, 4.69) is 0 Å². The van der Waals surface area contributed by atoms with E-state index in [1.807, 2.05) is 31.4 Å². The molecule has 0 radical (unpaired) electrons. The van der Waals surface area contributed by atoms with Crippen molar-refractivity contribution in [2.24, 2.45) is 0 Å². The van der Waals surface area contributed by atoms with Crippen molar-refractivity contribution < 1.29 is 13.9 Å².